The minimum atomic E-state index is -0.528. The van der Waals surface area contributed by atoms with Gasteiger partial charge in [0, 0.05) is 6.07 Å². The van der Waals surface area contributed by atoms with E-state index in [0.717, 1.165) is 0 Å². The normalized spacial score (nSPS) is 10.7. The molecule has 0 spiro atoms. The van der Waals surface area contributed by atoms with Crippen molar-refractivity contribution in [3.05, 3.63) is 22.2 Å². The molecule has 0 aliphatic carbocycles. The maximum Gasteiger partial charge on any atom is 0.320 e. The Morgan fingerprint density at radius 2 is 2.11 bits per heavy atom. The molecule has 0 fully saturated rings. The molecule has 0 aromatic carbocycles. The molecule has 1 rings (SSSR count). The summed E-state index contributed by atoms with van der Waals surface area (Å²) in [6.45, 7) is 3.44. The third kappa shape index (κ3) is 3.85. The third-order valence-corrected chi connectivity index (χ3v) is 2.10. The van der Waals surface area contributed by atoms with Gasteiger partial charge in [0.15, 0.2) is 0 Å². The molecule has 0 radical (unpaired) electrons. The summed E-state index contributed by atoms with van der Waals surface area (Å²) >= 11 is 0. The van der Waals surface area contributed by atoms with Gasteiger partial charge in [-0.05, 0) is 20.9 Å². The fraction of sp³-hybridized carbons (Fsp3) is 0.545. The first-order valence-electron chi connectivity index (χ1n) is 5.51. The summed E-state index contributed by atoms with van der Waals surface area (Å²) in [5.41, 5.74) is -0.512. The molecule has 0 aliphatic heterocycles. The van der Waals surface area contributed by atoms with E-state index in [1.54, 1.807) is 20.9 Å². The quantitative estimate of drug-likeness (QED) is 0.683. The van der Waals surface area contributed by atoms with Gasteiger partial charge in [-0.25, -0.2) is 0 Å². The topological polar surface area (TPSA) is 81.8 Å². The molecular formula is C11H16N2O5. The average Bonchev–Trinajstić information content (AvgIpc) is 2.57. The average molecular weight is 256 g/mol. The maximum atomic E-state index is 11.7. The van der Waals surface area contributed by atoms with Crippen LogP contribution in [0.15, 0.2) is 15.4 Å². The summed E-state index contributed by atoms with van der Waals surface area (Å²) < 4.78 is 10.4. The van der Waals surface area contributed by atoms with Gasteiger partial charge in [-0.15, -0.1) is 4.74 Å². The van der Waals surface area contributed by atoms with Crippen molar-refractivity contribution in [1.29, 1.82) is 0 Å². The number of nitrogens with zero attached hydrogens (tertiary/aromatic N) is 2. The SMILES string of the molecule is CCOC(=O)CN(C)CC(=O)n1oc(C)cc1=O. The van der Waals surface area contributed by atoms with Gasteiger partial charge in [-0.2, -0.15) is 0 Å². The van der Waals surface area contributed by atoms with Crippen LogP contribution in [0.4, 0.5) is 0 Å². The summed E-state index contributed by atoms with van der Waals surface area (Å²) in [6.07, 6.45) is 0. The fourth-order valence-corrected chi connectivity index (χ4v) is 1.40. The van der Waals surface area contributed by atoms with Crippen LogP contribution >= 0.6 is 0 Å². The molecule has 0 saturated carbocycles. The molecular weight excluding hydrogens is 240 g/mol. The lowest BCUT2D eigenvalue weighted by Gasteiger charge is -2.13. The molecule has 1 aromatic rings. The number of hydrogen-bond acceptors (Lipinski definition) is 6. The zero-order valence-electron chi connectivity index (χ0n) is 10.6. The van der Waals surface area contributed by atoms with Crippen LogP contribution in [0.25, 0.3) is 0 Å². The van der Waals surface area contributed by atoms with E-state index in [0.29, 0.717) is 10.5 Å². The highest BCUT2D eigenvalue weighted by Gasteiger charge is 2.16. The molecule has 0 saturated heterocycles. The van der Waals surface area contributed by atoms with Gasteiger partial charge in [0.2, 0.25) is 0 Å². The Labute approximate surface area is 104 Å². The van der Waals surface area contributed by atoms with Crippen LogP contribution in [-0.4, -0.2) is 48.3 Å². The molecule has 18 heavy (non-hydrogen) atoms. The Hall–Kier alpha value is -1.89. The summed E-state index contributed by atoms with van der Waals surface area (Å²) in [5.74, 6) is -0.586. The number of aryl methyl sites for hydroxylation is 1. The van der Waals surface area contributed by atoms with Crippen molar-refractivity contribution in [2.75, 3.05) is 26.7 Å². The second-order valence-corrected chi connectivity index (χ2v) is 3.85. The third-order valence-electron chi connectivity index (χ3n) is 2.10. The van der Waals surface area contributed by atoms with Gasteiger partial charge in [0.05, 0.1) is 19.7 Å². The highest BCUT2D eigenvalue weighted by Crippen LogP contribution is 1.94. The second kappa shape index (κ2) is 6.15. The largest absolute Gasteiger partial charge is 0.465 e. The Morgan fingerprint density at radius 1 is 1.44 bits per heavy atom. The van der Waals surface area contributed by atoms with Crippen molar-refractivity contribution in [3.8, 4) is 0 Å². The van der Waals surface area contributed by atoms with Crippen molar-refractivity contribution in [2.24, 2.45) is 0 Å². The number of rotatable bonds is 5. The van der Waals surface area contributed by atoms with Crippen LogP contribution in [0.5, 0.6) is 0 Å². The van der Waals surface area contributed by atoms with E-state index in [1.165, 1.54) is 11.0 Å². The second-order valence-electron chi connectivity index (χ2n) is 3.85. The predicted molar refractivity (Wildman–Crippen MR) is 62.5 cm³/mol. The van der Waals surface area contributed by atoms with Crippen LogP contribution in [-0.2, 0) is 9.53 Å². The van der Waals surface area contributed by atoms with E-state index < -0.39 is 17.4 Å². The van der Waals surface area contributed by atoms with E-state index in [2.05, 4.69) is 0 Å². The van der Waals surface area contributed by atoms with Gasteiger partial charge < -0.3 is 9.26 Å². The highest BCUT2D eigenvalue weighted by molar-refractivity contribution is 5.80. The Balaban J connectivity index is 2.57. The van der Waals surface area contributed by atoms with Crippen molar-refractivity contribution in [1.82, 2.24) is 9.64 Å². The Kier molecular flexibility index (Phi) is 4.85. The monoisotopic (exact) mass is 256 g/mol. The van der Waals surface area contributed by atoms with Gasteiger partial charge in [0.1, 0.15) is 5.76 Å². The zero-order chi connectivity index (χ0) is 13.7. The van der Waals surface area contributed by atoms with Crippen LogP contribution in [0, 0.1) is 6.92 Å². The summed E-state index contributed by atoms with van der Waals surface area (Å²) in [6, 6.07) is 1.23. The van der Waals surface area contributed by atoms with E-state index >= 15 is 0 Å². The lowest BCUT2D eigenvalue weighted by molar-refractivity contribution is -0.143. The number of likely N-dealkylation sites (N-methyl/N-ethyl adjacent to an activating group) is 1. The molecule has 0 atom stereocenters. The van der Waals surface area contributed by atoms with Gasteiger partial charge in [-0.3, -0.25) is 19.3 Å². The highest BCUT2D eigenvalue weighted by atomic mass is 16.5. The summed E-state index contributed by atoms with van der Waals surface area (Å²) in [7, 11) is 1.58. The number of aromatic nitrogens is 1. The van der Waals surface area contributed by atoms with Crippen LogP contribution in [0.2, 0.25) is 0 Å². The molecule has 0 aliphatic rings. The van der Waals surface area contributed by atoms with E-state index in [-0.39, 0.29) is 19.7 Å². The summed E-state index contributed by atoms with van der Waals surface area (Å²) in [4.78, 5) is 35.7. The smallest absolute Gasteiger partial charge is 0.320 e. The van der Waals surface area contributed by atoms with E-state index in [1.807, 2.05) is 0 Å². The van der Waals surface area contributed by atoms with Gasteiger partial charge >= 0.3 is 5.97 Å². The lowest BCUT2D eigenvalue weighted by atomic mass is 10.5. The first kappa shape index (κ1) is 14.2. The first-order chi connectivity index (χ1) is 8.43. The van der Waals surface area contributed by atoms with Crippen molar-refractivity contribution >= 4 is 11.9 Å². The fourth-order valence-electron chi connectivity index (χ4n) is 1.40. The van der Waals surface area contributed by atoms with E-state index in [9.17, 15) is 14.4 Å². The minimum Gasteiger partial charge on any atom is -0.465 e. The minimum absolute atomic E-state index is 0.0198. The van der Waals surface area contributed by atoms with Crippen molar-refractivity contribution < 1.29 is 18.8 Å². The predicted octanol–water partition coefficient (Wildman–Crippen LogP) is -0.115. The molecule has 0 unspecified atom stereocenters. The molecule has 0 N–H and O–H groups in total. The van der Waals surface area contributed by atoms with Gasteiger partial charge in [-0.1, -0.05) is 0 Å². The Bertz CT molecular complexity index is 488. The molecule has 0 bridgehead atoms. The van der Waals surface area contributed by atoms with Crippen LogP contribution < -0.4 is 5.56 Å². The standard InChI is InChI=1S/C11H16N2O5/c1-4-17-11(16)7-12(3)6-10(15)13-9(14)5-8(2)18-13/h5H,4,6-7H2,1-3H3. The number of esters is 1. The Morgan fingerprint density at radius 3 is 2.61 bits per heavy atom. The molecule has 7 heteroatoms. The molecule has 1 aromatic heterocycles. The molecule has 0 amide bonds. The number of carbonyl (C=O) groups is 2. The molecule has 100 valence electrons. The molecule has 7 nitrogen and oxygen atoms in total. The zero-order valence-corrected chi connectivity index (χ0v) is 10.6. The number of ether oxygens (including phenoxy) is 1. The van der Waals surface area contributed by atoms with Crippen LogP contribution in [0.1, 0.15) is 17.5 Å². The van der Waals surface area contributed by atoms with Crippen molar-refractivity contribution in [3.63, 3.8) is 0 Å². The lowest BCUT2D eigenvalue weighted by Crippen LogP contribution is -2.36. The van der Waals surface area contributed by atoms with E-state index in [4.69, 9.17) is 9.26 Å². The molecule has 1 heterocycles. The summed E-state index contributed by atoms with van der Waals surface area (Å²) in [5, 5.41) is 0. The van der Waals surface area contributed by atoms with Gasteiger partial charge in [0.25, 0.3) is 11.5 Å². The number of hydrogen-bond donors (Lipinski definition) is 0. The number of carbonyl (C=O) groups excluding carboxylic acids is 2. The van der Waals surface area contributed by atoms with Crippen LogP contribution in [0.3, 0.4) is 0 Å². The first-order valence-corrected chi connectivity index (χ1v) is 5.51. The maximum absolute atomic E-state index is 11.7. The van der Waals surface area contributed by atoms with Crippen molar-refractivity contribution in [2.45, 2.75) is 13.8 Å².